The molecule has 0 aliphatic heterocycles. The molecule has 0 heterocycles. The summed E-state index contributed by atoms with van der Waals surface area (Å²) in [5.74, 6) is -4.91. The lowest BCUT2D eigenvalue weighted by Crippen LogP contribution is -2.29. The van der Waals surface area contributed by atoms with Crippen molar-refractivity contribution >= 4 is 12.0 Å². The number of halogens is 3. The zero-order valence-corrected chi connectivity index (χ0v) is 12.9. The Labute approximate surface area is 137 Å². The SMILES string of the molecule is Cc1cccc(/C=C/C(=O)NC(CO)c2cc(F)c(F)c(F)c2)c1. The topological polar surface area (TPSA) is 49.3 Å². The summed E-state index contributed by atoms with van der Waals surface area (Å²) in [4.78, 5) is 11.9. The van der Waals surface area contributed by atoms with Crippen molar-refractivity contribution in [2.75, 3.05) is 6.61 Å². The highest BCUT2D eigenvalue weighted by Gasteiger charge is 2.18. The molecule has 0 aliphatic rings. The first-order valence-corrected chi connectivity index (χ1v) is 7.21. The Morgan fingerprint density at radius 2 is 1.88 bits per heavy atom. The minimum Gasteiger partial charge on any atom is -0.394 e. The number of aryl methyl sites for hydroxylation is 1. The molecule has 0 radical (unpaired) electrons. The van der Waals surface area contributed by atoms with E-state index in [2.05, 4.69) is 5.32 Å². The number of benzene rings is 2. The Kier molecular flexibility index (Phi) is 5.76. The van der Waals surface area contributed by atoms with Crippen molar-refractivity contribution in [3.63, 3.8) is 0 Å². The van der Waals surface area contributed by atoms with E-state index < -0.39 is 36.0 Å². The number of hydrogen-bond donors (Lipinski definition) is 2. The fourth-order valence-corrected chi connectivity index (χ4v) is 2.18. The van der Waals surface area contributed by atoms with Crippen LogP contribution >= 0.6 is 0 Å². The maximum atomic E-state index is 13.3. The van der Waals surface area contributed by atoms with Crippen molar-refractivity contribution in [3.05, 3.63) is 76.6 Å². The van der Waals surface area contributed by atoms with Crippen molar-refractivity contribution in [1.82, 2.24) is 5.32 Å². The molecule has 0 bridgehead atoms. The predicted molar refractivity (Wildman–Crippen MR) is 84.5 cm³/mol. The molecule has 0 aromatic heterocycles. The monoisotopic (exact) mass is 335 g/mol. The smallest absolute Gasteiger partial charge is 0.244 e. The number of amides is 1. The first kappa shape index (κ1) is 17.7. The summed E-state index contributed by atoms with van der Waals surface area (Å²) in [7, 11) is 0. The lowest BCUT2D eigenvalue weighted by Gasteiger charge is -2.16. The number of aliphatic hydroxyl groups excluding tert-OH is 1. The van der Waals surface area contributed by atoms with E-state index in [4.69, 9.17) is 0 Å². The Hall–Kier alpha value is -2.60. The molecular formula is C18H16F3NO2. The standard InChI is InChI=1S/C18H16F3NO2/c1-11-3-2-4-12(7-11)5-6-17(24)22-16(10-23)13-8-14(19)18(21)15(20)9-13/h2-9,16,23H,10H2,1H3,(H,22,24)/b6-5+. The molecule has 1 atom stereocenters. The second-order valence-electron chi connectivity index (χ2n) is 5.29. The fourth-order valence-electron chi connectivity index (χ4n) is 2.18. The van der Waals surface area contributed by atoms with Gasteiger partial charge in [0.05, 0.1) is 12.6 Å². The number of carbonyl (C=O) groups is 1. The maximum absolute atomic E-state index is 13.3. The first-order chi connectivity index (χ1) is 11.4. The lowest BCUT2D eigenvalue weighted by molar-refractivity contribution is -0.117. The molecule has 0 fully saturated rings. The van der Waals surface area contributed by atoms with Gasteiger partial charge >= 0.3 is 0 Å². The molecule has 1 amide bonds. The molecule has 3 nitrogen and oxygen atoms in total. The van der Waals surface area contributed by atoms with Gasteiger partial charge in [-0.15, -0.1) is 0 Å². The van der Waals surface area contributed by atoms with Crippen molar-refractivity contribution < 1.29 is 23.1 Å². The van der Waals surface area contributed by atoms with Crippen molar-refractivity contribution in [2.45, 2.75) is 13.0 Å². The van der Waals surface area contributed by atoms with E-state index in [9.17, 15) is 23.1 Å². The van der Waals surface area contributed by atoms with Crippen molar-refractivity contribution in [1.29, 1.82) is 0 Å². The number of hydrogen-bond acceptors (Lipinski definition) is 2. The van der Waals surface area contributed by atoms with Gasteiger partial charge in [-0.2, -0.15) is 0 Å². The van der Waals surface area contributed by atoms with Gasteiger partial charge in [-0.1, -0.05) is 29.8 Å². The van der Waals surface area contributed by atoms with Gasteiger partial charge < -0.3 is 10.4 Å². The van der Waals surface area contributed by atoms with Crippen LogP contribution in [0.3, 0.4) is 0 Å². The molecule has 6 heteroatoms. The molecule has 0 spiro atoms. The van der Waals surface area contributed by atoms with Crippen LogP contribution in [-0.4, -0.2) is 17.6 Å². The third kappa shape index (κ3) is 4.45. The number of rotatable bonds is 5. The molecule has 126 valence electrons. The maximum Gasteiger partial charge on any atom is 0.244 e. The van der Waals surface area contributed by atoms with Crippen molar-refractivity contribution in [2.24, 2.45) is 0 Å². The Bertz CT molecular complexity index is 752. The second kappa shape index (κ2) is 7.79. The molecular weight excluding hydrogens is 319 g/mol. The van der Waals surface area contributed by atoms with Crippen LogP contribution in [0.5, 0.6) is 0 Å². The number of nitrogens with one attached hydrogen (secondary N) is 1. The Morgan fingerprint density at radius 3 is 2.46 bits per heavy atom. The molecule has 2 rings (SSSR count). The largest absolute Gasteiger partial charge is 0.394 e. The third-order valence-electron chi connectivity index (χ3n) is 3.38. The average Bonchev–Trinajstić information content (AvgIpc) is 2.55. The summed E-state index contributed by atoms with van der Waals surface area (Å²) in [6.45, 7) is 1.32. The van der Waals surface area contributed by atoms with E-state index in [0.29, 0.717) is 0 Å². The molecule has 2 aromatic rings. The fraction of sp³-hybridized carbons (Fsp3) is 0.167. The zero-order valence-electron chi connectivity index (χ0n) is 12.9. The van der Waals surface area contributed by atoms with Crippen LogP contribution in [0.25, 0.3) is 6.08 Å². The summed E-state index contributed by atoms with van der Waals surface area (Å²) in [6.07, 6.45) is 2.82. The van der Waals surface area contributed by atoms with Gasteiger partial charge in [0.1, 0.15) is 0 Å². The van der Waals surface area contributed by atoms with Gasteiger partial charge in [0.15, 0.2) is 17.5 Å². The van der Waals surface area contributed by atoms with Crippen LogP contribution in [0, 0.1) is 24.4 Å². The third-order valence-corrected chi connectivity index (χ3v) is 3.38. The minimum absolute atomic E-state index is 0.0637. The summed E-state index contributed by atoms with van der Waals surface area (Å²) in [5, 5.41) is 11.7. The van der Waals surface area contributed by atoms with Gasteiger partial charge in [0.25, 0.3) is 0 Å². The number of carbonyl (C=O) groups excluding carboxylic acids is 1. The number of aliphatic hydroxyl groups is 1. The minimum atomic E-state index is -1.60. The molecule has 0 saturated heterocycles. The summed E-state index contributed by atoms with van der Waals surface area (Å²) >= 11 is 0. The lowest BCUT2D eigenvalue weighted by atomic mass is 10.1. The molecule has 2 aromatic carbocycles. The predicted octanol–water partition coefficient (Wildman–Crippen LogP) is 3.28. The van der Waals surface area contributed by atoms with E-state index in [0.717, 1.165) is 23.3 Å². The molecule has 1 unspecified atom stereocenters. The van der Waals surface area contributed by atoms with Crippen molar-refractivity contribution in [3.8, 4) is 0 Å². The summed E-state index contributed by atoms with van der Waals surface area (Å²) in [6, 6.07) is 7.87. The van der Waals surface area contributed by atoms with Gasteiger partial charge in [-0.3, -0.25) is 4.79 Å². The van der Waals surface area contributed by atoms with E-state index >= 15 is 0 Å². The second-order valence-corrected chi connectivity index (χ2v) is 5.29. The van der Waals surface area contributed by atoms with E-state index in [-0.39, 0.29) is 5.56 Å². The van der Waals surface area contributed by atoms with Gasteiger partial charge in [0, 0.05) is 6.08 Å². The molecule has 2 N–H and O–H groups in total. The Balaban J connectivity index is 2.11. The quantitative estimate of drug-likeness (QED) is 0.651. The summed E-state index contributed by atoms with van der Waals surface area (Å²) in [5.41, 5.74) is 1.78. The van der Waals surface area contributed by atoms with E-state index in [1.54, 1.807) is 6.08 Å². The average molecular weight is 335 g/mol. The van der Waals surface area contributed by atoms with E-state index in [1.165, 1.54) is 6.08 Å². The Morgan fingerprint density at radius 1 is 1.21 bits per heavy atom. The van der Waals surface area contributed by atoms with Gasteiger partial charge in [-0.05, 0) is 36.3 Å². The highest BCUT2D eigenvalue weighted by Crippen LogP contribution is 2.19. The highest BCUT2D eigenvalue weighted by molar-refractivity contribution is 5.92. The molecule has 0 aliphatic carbocycles. The highest BCUT2D eigenvalue weighted by atomic mass is 19.2. The van der Waals surface area contributed by atoms with Crippen LogP contribution in [0.2, 0.25) is 0 Å². The normalized spacial score (nSPS) is 12.4. The van der Waals surface area contributed by atoms with Crippen LogP contribution in [0.1, 0.15) is 22.7 Å². The van der Waals surface area contributed by atoms with Crippen LogP contribution < -0.4 is 5.32 Å². The first-order valence-electron chi connectivity index (χ1n) is 7.21. The van der Waals surface area contributed by atoms with Crippen LogP contribution in [0.4, 0.5) is 13.2 Å². The summed E-state index contributed by atoms with van der Waals surface area (Å²) < 4.78 is 39.5. The van der Waals surface area contributed by atoms with Crippen LogP contribution in [-0.2, 0) is 4.79 Å². The zero-order chi connectivity index (χ0) is 17.7. The van der Waals surface area contributed by atoms with Crippen LogP contribution in [0.15, 0.2) is 42.5 Å². The molecule has 24 heavy (non-hydrogen) atoms. The van der Waals surface area contributed by atoms with Gasteiger partial charge in [0.2, 0.25) is 5.91 Å². The van der Waals surface area contributed by atoms with E-state index in [1.807, 2.05) is 31.2 Å². The molecule has 0 saturated carbocycles. The van der Waals surface area contributed by atoms with Gasteiger partial charge in [-0.25, -0.2) is 13.2 Å².